The van der Waals surface area contributed by atoms with Gasteiger partial charge in [-0.25, -0.2) is 0 Å². The molecule has 17 heavy (non-hydrogen) atoms. The fourth-order valence-electron chi connectivity index (χ4n) is 3.93. The molecule has 0 aliphatic carbocycles. The molecule has 0 bridgehead atoms. The Hall–Kier alpha value is 0.270. The molecule has 3 rings (SSSR count). The van der Waals surface area contributed by atoms with Gasteiger partial charge in [0, 0.05) is 18.3 Å². The summed E-state index contributed by atoms with van der Waals surface area (Å²) >= 11 is 2.18. The Morgan fingerprint density at radius 2 is 2.00 bits per heavy atom. The number of nitrogens with zero attached hydrogens (tertiary/aromatic N) is 1. The minimum absolute atomic E-state index is 0.686. The molecule has 1 atom stereocenters. The average Bonchev–Trinajstić information content (AvgIpc) is 2.41. The summed E-state index contributed by atoms with van der Waals surface area (Å²) in [4.78, 5) is 2.85. The lowest BCUT2D eigenvalue weighted by atomic mass is 9.72. The van der Waals surface area contributed by atoms with Crippen LogP contribution in [-0.4, -0.2) is 48.6 Å². The summed E-state index contributed by atoms with van der Waals surface area (Å²) in [5.41, 5.74) is 0.686. The quantitative estimate of drug-likeness (QED) is 0.773. The lowest BCUT2D eigenvalue weighted by Crippen LogP contribution is -2.52. The van der Waals surface area contributed by atoms with Crippen molar-refractivity contribution in [3.05, 3.63) is 0 Å². The zero-order valence-electron chi connectivity index (χ0n) is 10.9. The highest BCUT2D eigenvalue weighted by atomic mass is 32.2. The first kappa shape index (κ1) is 12.3. The van der Waals surface area contributed by atoms with Crippen molar-refractivity contribution in [2.45, 2.75) is 44.6 Å². The second-order valence-electron chi connectivity index (χ2n) is 6.19. The molecule has 0 aromatic carbocycles. The molecule has 1 N–H and O–H groups in total. The van der Waals surface area contributed by atoms with Crippen molar-refractivity contribution in [1.82, 2.24) is 10.2 Å². The number of rotatable bonds is 1. The normalized spacial score (nSPS) is 34.9. The van der Waals surface area contributed by atoms with Gasteiger partial charge in [0.05, 0.1) is 0 Å². The SMILES string of the molecule is C1CSC[C@@H](N2CCCC3(CCNCC3)C2)C1. The first-order valence-electron chi connectivity index (χ1n) is 7.41. The maximum absolute atomic E-state index is 3.53. The van der Waals surface area contributed by atoms with Crippen LogP contribution in [0.4, 0.5) is 0 Å². The molecule has 3 saturated heterocycles. The predicted molar refractivity (Wildman–Crippen MR) is 75.7 cm³/mol. The Morgan fingerprint density at radius 3 is 2.76 bits per heavy atom. The molecule has 0 radical (unpaired) electrons. The van der Waals surface area contributed by atoms with Crippen LogP contribution in [0.2, 0.25) is 0 Å². The Balaban J connectivity index is 1.61. The molecule has 98 valence electrons. The largest absolute Gasteiger partial charge is 0.317 e. The average molecular weight is 254 g/mol. The highest BCUT2D eigenvalue weighted by Gasteiger charge is 2.38. The van der Waals surface area contributed by atoms with Gasteiger partial charge in [0.1, 0.15) is 0 Å². The molecule has 0 saturated carbocycles. The molecule has 3 heteroatoms. The van der Waals surface area contributed by atoms with Gasteiger partial charge >= 0.3 is 0 Å². The van der Waals surface area contributed by atoms with Gasteiger partial charge in [0.25, 0.3) is 0 Å². The minimum atomic E-state index is 0.686. The molecule has 0 aromatic heterocycles. The van der Waals surface area contributed by atoms with Crippen molar-refractivity contribution in [2.24, 2.45) is 5.41 Å². The van der Waals surface area contributed by atoms with Crippen LogP contribution < -0.4 is 5.32 Å². The zero-order valence-corrected chi connectivity index (χ0v) is 11.7. The summed E-state index contributed by atoms with van der Waals surface area (Å²) in [5.74, 6) is 2.80. The molecule has 0 aromatic rings. The van der Waals surface area contributed by atoms with E-state index in [1.807, 2.05) is 0 Å². The molecular weight excluding hydrogens is 228 g/mol. The number of likely N-dealkylation sites (tertiary alicyclic amines) is 1. The van der Waals surface area contributed by atoms with Crippen LogP contribution in [-0.2, 0) is 0 Å². The van der Waals surface area contributed by atoms with Crippen LogP contribution in [0.3, 0.4) is 0 Å². The third kappa shape index (κ3) is 2.82. The van der Waals surface area contributed by atoms with Gasteiger partial charge in [-0.3, -0.25) is 4.90 Å². The maximum atomic E-state index is 3.53. The molecular formula is C14H26N2S. The van der Waals surface area contributed by atoms with E-state index >= 15 is 0 Å². The molecule has 1 spiro atoms. The smallest absolute Gasteiger partial charge is 0.0186 e. The summed E-state index contributed by atoms with van der Waals surface area (Å²) in [5, 5.41) is 3.53. The van der Waals surface area contributed by atoms with E-state index in [-0.39, 0.29) is 0 Å². The molecule has 0 amide bonds. The van der Waals surface area contributed by atoms with E-state index in [0.717, 1.165) is 6.04 Å². The summed E-state index contributed by atoms with van der Waals surface area (Å²) in [7, 11) is 0. The summed E-state index contributed by atoms with van der Waals surface area (Å²) in [6.45, 7) is 5.29. The van der Waals surface area contributed by atoms with Crippen LogP contribution >= 0.6 is 11.8 Å². The van der Waals surface area contributed by atoms with Crippen LogP contribution in [0.15, 0.2) is 0 Å². The summed E-state index contributed by atoms with van der Waals surface area (Å²) in [6, 6.07) is 0.904. The van der Waals surface area contributed by atoms with Crippen molar-refractivity contribution < 1.29 is 0 Å². The Kier molecular flexibility index (Phi) is 3.98. The fraction of sp³-hybridized carbons (Fsp3) is 1.00. The van der Waals surface area contributed by atoms with Crippen molar-refractivity contribution in [2.75, 3.05) is 37.7 Å². The third-order valence-electron chi connectivity index (χ3n) is 5.01. The molecule has 2 nitrogen and oxygen atoms in total. The Bertz CT molecular complexity index is 239. The van der Waals surface area contributed by atoms with Crippen LogP contribution in [0.25, 0.3) is 0 Å². The standard InChI is InChI=1S/C14H26N2S/c1-3-13(11-17-10-1)16-9-2-4-14(12-16)5-7-15-8-6-14/h13,15H,1-12H2/t13-/m0/s1. The molecule has 3 aliphatic rings. The van der Waals surface area contributed by atoms with Crippen LogP contribution in [0, 0.1) is 5.41 Å². The van der Waals surface area contributed by atoms with Gasteiger partial charge in [-0.1, -0.05) is 0 Å². The highest BCUT2D eigenvalue weighted by molar-refractivity contribution is 7.99. The van der Waals surface area contributed by atoms with E-state index in [9.17, 15) is 0 Å². The van der Waals surface area contributed by atoms with E-state index in [1.54, 1.807) is 0 Å². The zero-order chi connectivity index (χ0) is 11.6. The van der Waals surface area contributed by atoms with Crippen molar-refractivity contribution >= 4 is 11.8 Å². The minimum Gasteiger partial charge on any atom is -0.317 e. The van der Waals surface area contributed by atoms with E-state index < -0.39 is 0 Å². The molecule has 3 fully saturated rings. The van der Waals surface area contributed by atoms with Crippen molar-refractivity contribution in [3.8, 4) is 0 Å². The second kappa shape index (κ2) is 5.50. The van der Waals surface area contributed by atoms with E-state index in [1.165, 1.54) is 76.2 Å². The van der Waals surface area contributed by atoms with Gasteiger partial charge in [0.2, 0.25) is 0 Å². The third-order valence-corrected chi connectivity index (χ3v) is 6.21. The van der Waals surface area contributed by atoms with Crippen molar-refractivity contribution in [1.29, 1.82) is 0 Å². The first-order chi connectivity index (χ1) is 8.38. The van der Waals surface area contributed by atoms with Gasteiger partial charge in [0.15, 0.2) is 0 Å². The van der Waals surface area contributed by atoms with Crippen LogP contribution in [0.5, 0.6) is 0 Å². The fourth-order valence-corrected chi connectivity index (χ4v) is 5.12. The number of hydrogen-bond acceptors (Lipinski definition) is 3. The van der Waals surface area contributed by atoms with E-state index in [2.05, 4.69) is 22.0 Å². The first-order valence-corrected chi connectivity index (χ1v) is 8.56. The Morgan fingerprint density at radius 1 is 1.12 bits per heavy atom. The lowest BCUT2D eigenvalue weighted by molar-refractivity contribution is 0.0359. The molecule has 3 aliphatic heterocycles. The monoisotopic (exact) mass is 254 g/mol. The lowest BCUT2D eigenvalue weighted by Gasteiger charge is -2.48. The van der Waals surface area contributed by atoms with Gasteiger partial charge in [-0.2, -0.15) is 11.8 Å². The highest BCUT2D eigenvalue weighted by Crippen LogP contribution is 2.39. The number of nitrogens with one attached hydrogen (secondary N) is 1. The molecule has 0 unspecified atom stereocenters. The van der Waals surface area contributed by atoms with E-state index in [4.69, 9.17) is 0 Å². The molecule has 3 heterocycles. The summed E-state index contributed by atoms with van der Waals surface area (Å²) < 4.78 is 0. The number of thioether (sulfide) groups is 1. The van der Waals surface area contributed by atoms with Crippen molar-refractivity contribution in [3.63, 3.8) is 0 Å². The summed E-state index contributed by atoms with van der Waals surface area (Å²) in [6.07, 6.45) is 8.68. The van der Waals surface area contributed by atoms with Gasteiger partial charge < -0.3 is 5.32 Å². The van der Waals surface area contributed by atoms with E-state index in [0.29, 0.717) is 5.41 Å². The van der Waals surface area contributed by atoms with Gasteiger partial charge in [-0.15, -0.1) is 0 Å². The predicted octanol–water partition coefficient (Wildman–Crippen LogP) is 2.35. The maximum Gasteiger partial charge on any atom is 0.0186 e. The Labute approximate surface area is 110 Å². The number of hydrogen-bond donors (Lipinski definition) is 1. The topological polar surface area (TPSA) is 15.3 Å². The van der Waals surface area contributed by atoms with Gasteiger partial charge in [-0.05, 0) is 69.3 Å². The number of piperidine rings is 2. The van der Waals surface area contributed by atoms with Crippen LogP contribution in [0.1, 0.15) is 38.5 Å². The second-order valence-corrected chi connectivity index (χ2v) is 7.34.